The average molecular weight is 723 g/mol. The fraction of sp³-hybridized carbons (Fsp3) is 0.825. The minimum Gasteiger partial charge on any atom is -0.508 e. The molecule has 1 N–H and O–H groups in total. The molecule has 5 rings (SSSR count). The van der Waals surface area contributed by atoms with Gasteiger partial charge in [0.05, 0.1) is 50.7 Å². The molecule has 4 saturated carbocycles. The van der Waals surface area contributed by atoms with Crippen molar-refractivity contribution >= 4 is 18.6 Å². The van der Waals surface area contributed by atoms with E-state index in [1.54, 1.807) is 19.2 Å². The highest BCUT2D eigenvalue weighted by atomic mass is 32.1. The van der Waals surface area contributed by atoms with Gasteiger partial charge in [0.25, 0.3) is 0 Å². The number of carbonyl (C=O) groups is 1. The minimum atomic E-state index is -0.877. The maximum Gasteiger partial charge on any atom is 0.313 e. The Morgan fingerprint density at radius 3 is 1.76 bits per heavy atom. The van der Waals surface area contributed by atoms with Crippen LogP contribution in [0.5, 0.6) is 5.75 Å². The highest BCUT2D eigenvalue weighted by Gasteiger charge is 2.60. The Kier molecular flexibility index (Phi) is 14.6. The standard InChI is InChI=1S/C40H66O9S/c1-10-40(33-22-30-21-31(24-33)25-34(40)23-30)49-36(42)38(7,27(2)50)26-37(5,6)39(8,32-11-13-35(41)14-12-32)48-20-19-47-29(4)46-18-17-45-28(3)44-16-15-43-9/h11-14,27-31,33-34,41,50H,10,15-26H2,1-9H3/t27?,28?,29?,30?,31?,33?,34?,38?,39-,40?/m1/s1. The Bertz CT molecular complexity index is 1180. The fourth-order valence-corrected chi connectivity index (χ4v) is 9.49. The molecule has 4 fully saturated rings. The molecule has 0 amide bonds. The van der Waals surface area contributed by atoms with E-state index >= 15 is 0 Å². The van der Waals surface area contributed by atoms with Crippen molar-refractivity contribution in [3.63, 3.8) is 0 Å². The van der Waals surface area contributed by atoms with Crippen molar-refractivity contribution in [2.45, 2.75) is 129 Å². The van der Waals surface area contributed by atoms with Gasteiger partial charge in [-0.15, -0.1) is 0 Å². The van der Waals surface area contributed by atoms with Gasteiger partial charge in [-0.3, -0.25) is 4.79 Å². The average Bonchev–Trinajstić information content (AvgIpc) is 3.06. The number of ether oxygens (including phenoxy) is 7. The van der Waals surface area contributed by atoms with Crippen LogP contribution in [0.1, 0.15) is 106 Å². The quantitative estimate of drug-likeness (QED) is 0.0535. The number of esters is 1. The summed E-state index contributed by atoms with van der Waals surface area (Å²) in [5.74, 6) is 2.52. The monoisotopic (exact) mass is 722 g/mol. The zero-order valence-corrected chi connectivity index (χ0v) is 33.1. The van der Waals surface area contributed by atoms with E-state index in [1.165, 1.54) is 32.1 Å². The van der Waals surface area contributed by atoms with Gasteiger partial charge in [0.2, 0.25) is 0 Å². The predicted octanol–water partition coefficient (Wildman–Crippen LogP) is 7.92. The smallest absolute Gasteiger partial charge is 0.313 e. The van der Waals surface area contributed by atoms with Crippen molar-refractivity contribution in [2.24, 2.45) is 34.5 Å². The number of carbonyl (C=O) groups excluding carboxylic acids is 1. The summed E-state index contributed by atoms with van der Waals surface area (Å²) in [6.07, 6.45) is 6.62. The van der Waals surface area contributed by atoms with E-state index in [0.717, 1.165) is 23.8 Å². The number of methoxy groups -OCH3 is 1. The summed E-state index contributed by atoms with van der Waals surface area (Å²) in [7, 11) is 1.63. The van der Waals surface area contributed by atoms with Crippen LogP contribution < -0.4 is 0 Å². The first-order valence-corrected chi connectivity index (χ1v) is 19.4. The van der Waals surface area contributed by atoms with Gasteiger partial charge >= 0.3 is 5.97 Å². The molecular weight excluding hydrogens is 656 g/mol. The Hall–Kier alpha value is -1.40. The molecule has 4 bridgehead atoms. The third kappa shape index (κ3) is 9.39. The van der Waals surface area contributed by atoms with E-state index in [-0.39, 0.29) is 35.5 Å². The lowest BCUT2D eigenvalue weighted by Gasteiger charge is -2.60. The minimum absolute atomic E-state index is 0.148. The molecule has 1 aromatic carbocycles. The Morgan fingerprint density at radius 2 is 1.30 bits per heavy atom. The first-order valence-electron chi connectivity index (χ1n) is 18.9. The van der Waals surface area contributed by atoms with Crippen LogP contribution in [0.15, 0.2) is 24.3 Å². The molecule has 10 heteroatoms. The molecule has 4 aliphatic rings. The molecule has 0 aliphatic heterocycles. The molecule has 9 nitrogen and oxygen atoms in total. The van der Waals surface area contributed by atoms with Gasteiger partial charge < -0.3 is 38.3 Å². The first-order chi connectivity index (χ1) is 23.6. The molecule has 4 aliphatic carbocycles. The zero-order valence-electron chi connectivity index (χ0n) is 32.2. The highest BCUT2D eigenvalue weighted by molar-refractivity contribution is 7.81. The van der Waals surface area contributed by atoms with Crippen LogP contribution in [0.25, 0.3) is 0 Å². The molecule has 50 heavy (non-hydrogen) atoms. The summed E-state index contributed by atoms with van der Waals surface area (Å²) in [6, 6.07) is 7.14. The summed E-state index contributed by atoms with van der Waals surface area (Å²) in [5.41, 5.74) is -1.78. The van der Waals surface area contributed by atoms with Crippen LogP contribution >= 0.6 is 12.6 Å². The van der Waals surface area contributed by atoms with Gasteiger partial charge in [0.1, 0.15) is 11.4 Å². The summed E-state index contributed by atoms with van der Waals surface area (Å²) in [5, 5.41) is 9.87. The molecule has 0 saturated heterocycles. The van der Waals surface area contributed by atoms with E-state index in [2.05, 4.69) is 27.7 Å². The van der Waals surface area contributed by atoms with Crippen molar-refractivity contribution < 1.29 is 43.1 Å². The van der Waals surface area contributed by atoms with Crippen LogP contribution in [0.2, 0.25) is 0 Å². The highest BCUT2D eigenvalue weighted by Crippen LogP contribution is 2.61. The maximum atomic E-state index is 14.6. The van der Waals surface area contributed by atoms with Crippen molar-refractivity contribution in [1.29, 1.82) is 0 Å². The number of rotatable bonds is 22. The van der Waals surface area contributed by atoms with Crippen molar-refractivity contribution in [3.8, 4) is 5.75 Å². The number of hydrogen-bond acceptors (Lipinski definition) is 10. The summed E-state index contributed by atoms with van der Waals surface area (Å²) >= 11 is 4.95. The van der Waals surface area contributed by atoms with E-state index in [9.17, 15) is 9.90 Å². The first kappa shape index (κ1) is 41.4. The Balaban J connectivity index is 1.41. The number of phenols is 1. The van der Waals surface area contributed by atoms with Crippen LogP contribution in [-0.2, 0) is 43.6 Å². The Labute approximate surface area is 307 Å². The molecule has 0 aromatic heterocycles. The second-order valence-electron chi connectivity index (χ2n) is 16.2. The lowest BCUT2D eigenvalue weighted by Crippen LogP contribution is -2.61. The molecule has 286 valence electrons. The SMILES string of the molecule is CCC1(OC(=O)C(C)(CC(C)(C)[C@](C)(OCCOC(C)OCCOC(C)OCCOC)c2ccc(O)cc2)C(C)S)C2CC3CC(C2)CC1C3. The number of aromatic hydroxyl groups is 1. The van der Waals surface area contributed by atoms with Crippen molar-refractivity contribution in [1.82, 2.24) is 0 Å². The van der Waals surface area contributed by atoms with Crippen molar-refractivity contribution in [3.05, 3.63) is 29.8 Å². The summed E-state index contributed by atoms with van der Waals surface area (Å²) in [6.45, 7) is 18.6. The Morgan fingerprint density at radius 1 is 0.820 bits per heavy atom. The molecule has 0 spiro atoms. The lowest BCUT2D eigenvalue weighted by molar-refractivity contribution is -0.222. The van der Waals surface area contributed by atoms with E-state index in [0.29, 0.717) is 51.3 Å². The largest absolute Gasteiger partial charge is 0.508 e. The summed E-state index contributed by atoms with van der Waals surface area (Å²) < 4.78 is 41.4. The fourth-order valence-electron chi connectivity index (χ4n) is 9.30. The number of thiol groups is 1. The van der Waals surface area contributed by atoms with Gasteiger partial charge in [0.15, 0.2) is 12.6 Å². The van der Waals surface area contributed by atoms with E-state index in [1.807, 2.05) is 39.8 Å². The van der Waals surface area contributed by atoms with Gasteiger partial charge in [-0.05, 0) is 119 Å². The second kappa shape index (κ2) is 17.6. The van der Waals surface area contributed by atoms with Crippen LogP contribution in [0.4, 0.5) is 0 Å². The summed E-state index contributed by atoms with van der Waals surface area (Å²) in [4.78, 5) is 14.6. The van der Waals surface area contributed by atoms with Crippen molar-refractivity contribution in [2.75, 3.05) is 46.8 Å². The molecule has 0 heterocycles. The predicted molar refractivity (Wildman–Crippen MR) is 197 cm³/mol. The van der Waals surface area contributed by atoms with Crippen LogP contribution in [0.3, 0.4) is 0 Å². The zero-order chi connectivity index (χ0) is 36.7. The van der Waals surface area contributed by atoms with Gasteiger partial charge in [0, 0.05) is 12.4 Å². The number of phenolic OH excluding ortho intramolecular Hbond substituents is 1. The van der Waals surface area contributed by atoms with Crippen LogP contribution in [0, 0.1) is 34.5 Å². The van der Waals surface area contributed by atoms with Crippen LogP contribution in [-0.4, -0.2) is 81.3 Å². The second-order valence-corrected chi connectivity index (χ2v) is 17.0. The van der Waals surface area contributed by atoms with E-state index < -0.39 is 22.7 Å². The van der Waals surface area contributed by atoms with Gasteiger partial charge in [-0.2, -0.15) is 12.6 Å². The molecule has 1 aromatic rings. The number of hydrogen-bond donors (Lipinski definition) is 2. The van der Waals surface area contributed by atoms with Gasteiger partial charge in [-0.1, -0.05) is 39.8 Å². The topological polar surface area (TPSA) is 102 Å². The molecule has 4 unspecified atom stereocenters. The normalized spacial score (nSPS) is 28.8. The van der Waals surface area contributed by atoms with E-state index in [4.69, 9.17) is 45.8 Å². The maximum absolute atomic E-state index is 14.6. The lowest BCUT2D eigenvalue weighted by atomic mass is 9.49. The molecule has 0 radical (unpaired) electrons. The number of benzene rings is 1. The third-order valence-electron chi connectivity index (χ3n) is 12.5. The third-order valence-corrected chi connectivity index (χ3v) is 13.1. The molecule has 5 atom stereocenters. The molecular formula is C40H66O9S. The van der Waals surface area contributed by atoms with Gasteiger partial charge in [-0.25, -0.2) is 0 Å².